The summed E-state index contributed by atoms with van der Waals surface area (Å²) >= 11 is 0. The number of nitrogens with one attached hydrogen (secondary N) is 2. The van der Waals surface area contributed by atoms with Crippen molar-refractivity contribution >= 4 is 23.5 Å². The van der Waals surface area contributed by atoms with Crippen molar-refractivity contribution in [1.29, 1.82) is 0 Å². The Morgan fingerprint density at radius 1 is 1.00 bits per heavy atom. The third-order valence-corrected chi connectivity index (χ3v) is 4.98. The van der Waals surface area contributed by atoms with Crippen LogP contribution in [0.15, 0.2) is 24.3 Å². The predicted molar refractivity (Wildman–Crippen MR) is 104 cm³/mol. The second kappa shape index (κ2) is 9.53. The number of esters is 1. The molecule has 0 atom stereocenters. The minimum absolute atomic E-state index is 0.149. The molecule has 0 saturated heterocycles. The standard InChI is InChI=1S/C21H30N2O4/c1-4-27-18(24)15-11-13-17(14-12-15)23-20(26)21(2,3)19(25)22-16-9-7-5-6-8-10-16/h11-14,16H,4-10H2,1-3H3,(H,22,25)(H,23,26). The topological polar surface area (TPSA) is 84.5 Å². The van der Waals surface area contributed by atoms with Gasteiger partial charge in [0, 0.05) is 11.7 Å². The monoisotopic (exact) mass is 374 g/mol. The van der Waals surface area contributed by atoms with Gasteiger partial charge in [-0.15, -0.1) is 0 Å². The van der Waals surface area contributed by atoms with E-state index in [1.807, 2.05) is 0 Å². The smallest absolute Gasteiger partial charge is 0.338 e. The van der Waals surface area contributed by atoms with E-state index >= 15 is 0 Å². The number of carbonyl (C=O) groups is 3. The Balaban J connectivity index is 1.96. The van der Waals surface area contributed by atoms with Crippen LogP contribution in [-0.2, 0) is 14.3 Å². The SMILES string of the molecule is CCOC(=O)c1ccc(NC(=O)C(C)(C)C(=O)NC2CCCCCC2)cc1. The van der Waals surface area contributed by atoms with Crippen molar-refractivity contribution in [1.82, 2.24) is 5.32 Å². The van der Waals surface area contributed by atoms with E-state index < -0.39 is 11.4 Å². The van der Waals surface area contributed by atoms with Gasteiger partial charge >= 0.3 is 5.97 Å². The maximum atomic E-state index is 12.7. The highest BCUT2D eigenvalue weighted by molar-refractivity contribution is 6.10. The van der Waals surface area contributed by atoms with Gasteiger partial charge in [0.25, 0.3) is 0 Å². The summed E-state index contributed by atoms with van der Waals surface area (Å²) in [7, 11) is 0. The highest BCUT2D eigenvalue weighted by Crippen LogP contribution is 2.22. The molecular weight excluding hydrogens is 344 g/mol. The van der Waals surface area contributed by atoms with E-state index in [-0.39, 0.29) is 17.9 Å². The van der Waals surface area contributed by atoms with Crippen LogP contribution in [0.1, 0.15) is 69.7 Å². The van der Waals surface area contributed by atoms with E-state index in [2.05, 4.69) is 10.6 Å². The summed E-state index contributed by atoms with van der Waals surface area (Å²) in [5.74, 6) is -1.04. The molecule has 2 amide bonds. The van der Waals surface area contributed by atoms with Gasteiger partial charge in [0.15, 0.2) is 0 Å². The van der Waals surface area contributed by atoms with Crippen LogP contribution in [0.25, 0.3) is 0 Å². The van der Waals surface area contributed by atoms with Crippen LogP contribution >= 0.6 is 0 Å². The molecule has 1 aliphatic rings. The summed E-state index contributed by atoms with van der Waals surface area (Å²) in [6.45, 7) is 5.30. The summed E-state index contributed by atoms with van der Waals surface area (Å²) < 4.78 is 4.94. The summed E-state index contributed by atoms with van der Waals surface area (Å²) in [4.78, 5) is 37.0. The van der Waals surface area contributed by atoms with E-state index in [4.69, 9.17) is 4.74 Å². The van der Waals surface area contributed by atoms with Crippen molar-refractivity contribution in [2.24, 2.45) is 5.41 Å². The summed E-state index contributed by atoms with van der Waals surface area (Å²) in [5.41, 5.74) is -0.241. The third-order valence-electron chi connectivity index (χ3n) is 4.98. The van der Waals surface area contributed by atoms with Crippen molar-refractivity contribution in [2.45, 2.75) is 65.3 Å². The molecule has 6 nitrogen and oxygen atoms in total. The highest BCUT2D eigenvalue weighted by Gasteiger charge is 2.37. The summed E-state index contributed by atoms with van der Waals surface area (Å²) in [5, 5.41) is 5.80. The maximum absolute atomic E-state index is 12.7. The highest BCUT2D eigenvalue weighted by atomic mass is 16.5. The molecule has 0 spiro atoms. The Morgan fingerprint density at radius 2 is 1.59 bits per heavy atom. The number of ether oxygens (including phenoxy) is 1. The normalized spacial score (nSPS) is 15.5. The second-order valence-corrected chi connectivity index (χ2v) is 7.54. The first-order chi connectivity index (χ1) is 12.8. The minimum Gasteiger partial charge on any atom is -0.462 e. The largest absolute Gasteiger partial charge is 0.462 e. The van der Waals surface area contributed by atoms with Crippen LogP contribution < -0.4 is 10.6 Å². The molecule has 0 heterocycles. The van der Waals surface area contributed by atoms with Gasteiger partial charge in [-0.05, 0) is 57.9 Å². The second-order valence-electron chi connectivity index (χ2n) is 7.54. The molecule has 27 heavy (non-hydrogen) atoms. The quantitative estimate of drug-likeness (QED) is 0.452. The Morgan fingerprint density at radius 3 is 2.15 bits per heavy atom. The molecule has 148 valence electrons. The molecule has 0 unspecified atom stereocenters. The first-order valence-electron chi connectivity index (χ1n) is 9.74. The Labute approximate surface area is 161 Å². The number of carbonyl (C=O) groups excluding carboxylic acids is 3. The average Bonchev–Trinajstić information content (AvgIpc) is 2.91. The third kappa shape index (κ3) is 5.81. The number of anilines is 1. The van der Waals surface area contributed by atoms with Crippen molar-refractivity contribution in [3.63, 3.8) is 0 Å². The molecule has 2 N–H and O–H groups in total. The van der Waals surface area contributed by atoms with E-state index in [0.29, 0.717) is 17.9 Å². The van der Waals surface area contributed by atoms with E-state index in [1.54, 1.807) is 45.0 Å². The van der Waals surface area contributed by atoms with Crippen molar-refractivity contribution in [3.05, 3.63) is 29.8 Å². The van der Waals surface area contributed by atoms with E-state index in [9.17, 15) is 14.4 Å². The lowest BCUT2D eigenvalue weighted by Crippen LogP contribution is -2.48. The first-order valence-corrected chi connectivity index (χ1v) is 9.74. The van der Waals surface area contributed by atoms with Crippen LogP contribution in [0.2, 0.25) is 0 Å². The fraction of sp³-hybridized carbons (Fsp3) is 0.571. The molecule has 0 radical (unpaired) electrons. The van der Waals surface area contributed by atoms with Gasteiger partial charge in [-0.2, -0.15) is 0 Å². The summed E-state index contributed by atoms with van der Waals surface area (Å²) in [6, 6.07) is 6.58. The van der Waals surface area contributed by atoms with Crippen molar-refractivity contribution in [2.75, 3.05) is 11.9 Å². The molecule has 0 bridgehead atoms. The van der Waals surface area contributed by atoms with Gasteiger partial charge in [0.2, 0.25) is 11.8 Å². The van der Waals surface area contributed by atoms with Gasteiger partial charge in [-0.1, -0.05) is 25.7 Å². The van der Waals surface area contributed by atoms with Crippen LogP contribution in [-0.4, -0.2) is 30.4 Å². The maximum Gasteiger partial charge on any atom is 0.338 e. The predicted octanol–water partition coefficient (Wildman–Crippen LogP) is 3.67. The van der Waals surface area contributed by atoms with Gasteiger partial charge < -0.3 is 15.4 Å². The molecule has 1 saturated carbocycles. The average molecular weight is 374 g/mol. The number of benzene rings is 1. The van der Waals surface area contributed by atoms with Crippen molar-refractivity contribution < 1.29 is 19.1 Å². The fourth-order valence-electron chi connectivity index (χ4n) is 3.08. The number of hydrogen-bond donors (Lipinski definition) is 2. The minimum atomic E-state index is -1.19. The van der Waals surface area contributed by atoms with Crippen LogP contribution in [0.4, 0.5) is 5.69 Å². The Kier molecular flexibility index (Phi) is 7.39. The van der Waals surface area contributed by atoms with Gasteiger partial charge in [-0.3, -0.25) is 9.59 Å². The lowest BCUT2D eigenvalue weighted by molar-refractivity contribution is -0.138. The number of amides is 2. The lowest BCUT2D eigenvalue weighted by atomic mass is 9.90. The zero-order chi connectivity index (χ0) is 19.9. The lowest BCUT2D eigenvalue weighted by Gasteiger charge is -2.26. The molecule has 1 aromatic rings. The molecule has 0 aliphatic heterocycles. The number of rotatable bonds is 6. The van der Waals surface area contributed by atoms with Crippen LogP contribution in [0.3, 0.4) is 0 Å². The van der Waals surface area contributed by atoms with Gasteiger partial charge in [0.05, 0.1) is 12.2 Å². The molecule has 1 aromatic carbocycles. The molecule has 2 rings (SSSR count). The molecular formula is C21H30N2O4. The molecule has 6 heteroatoms. The summed E-state index contributed by atoms with van der Waals surface area (Å²) in [6.07, 6.45) is 6.59. The zero-order valence-corrected chi connectivity index (χ0v) is 16.5. The van der Waals surface area contributed by atoms with Gasteiger partial charge in [-0.25, -0.2) is 4.79 Å². The number of hydrogen-bond acceptors (Lipinski definition) is 4. The van der Waals surface area contributed by atoms with Gasteiger partial charge in [0.1, 0.15) is 5.41 Å². The van der Waals surface area contributed by atoms with Crippen LogP contribution in [0.5, 0.6) is 0 Å². The van der Waals surface area contributed by atoms with E-state index in [1.165, 1.54) is 12.8 Å². The van der Waals surface area contributed by atoms with Crippen LogP contribution in [0, 0.1) is 5.41 Å². The molecule has 1 fully saturated rings. The molecule has 0 aromatic heterocycles. The molecule has 1 aliphatic carbocycles. The fourth-order valence-corrected chi connectivity index (χ4v) is 3.08. The Hall–Kier alpha value is -2.37. The first kappa shape index (κ1) is 20.9. The van der Waals surface area contributed by atoms with Crippen molar-refractivity contribution in [3.8, 4) is 0 Å². The van der Waals surface area contributed by atoms with E-state index in [0.717, 1.165) is 25.7 Å². The zero-order valence-electron chi connectivity index (χ0n) is 16.5. The Bertz CT molecular complexity index is 659.